The molecule has 5 nitrogen and oxygen atoms in total. The number of ether oxygens (including phenoxy) is 1. The van der Waals surface area contributed by atoms with Crippen molar-refractivity contribution < 1.29 is 9.53 Å². The van der Waals surface area contributed by atoms with Crippen LogP contribution in [0.15, 0.2) is 62.8 Å². The Morgan fingerprint density at radius 2 is 1.93 bits per heavy atom. The van der Waals surface area contributed by atoms with Gasteiger partial charge in [0.15, 0.2) is 4.80 Å². The maximum atomic E-state index is 13.4. The van der Waals surface area contributed by atoms with E-state index >= 15 is 0 Å². The van der Waals surface area contributed by atoms with Gasteiger partial charge in [0.25, 0.3) is 5.56 Å². The zero-order valence-corrected chi connectivity index (χ0v) is 18.8. The Bertz CT molecular complexity index is 1290. The fourth-order valence-corrected chi connectivity index (χ4v) is 5.26. The molecule has 0 radical (unpaired) electrons. The number of carbonyl (C=O) groups is 1. The molecule has 1 aromatic carbocycles. The first kappa shape index (κ1) is 20.5. The van der Waals surface area contributed by atoms with E-state index in [1.165, 1.54) is 22.7 Å². The van der Waals surface area contributed by atoms with Gasteiger partial charge in [0.1, 0.15) is 6.04 Å². The number of nitrogens with zero attached hydrogens (tertiary/aromatic N) is 2. The summed E-state index contributed by atoms with van der Waals surface area (Å²) in [6.07, 6.45) is 1.62. The molecule has 154 valence electrons. The lowest BCUT2D eigenvalue weighted by molar-refractivity contribution is -0.143. The van der Waals surface area contributed by atoms with E-state index in [9.17, 15) is 9.59 Å². The Morgan fingerprint density at radius 1 is 1.20 bits per heavy atom. The molecule has 7 heteroatoms. The highest BCUT2D eigenvalue weighted by molar-refractivity contribution is 7.10. The van der Waals surface area contributed by atoms with E-state index in [-0.39, 0.29) is 11.7 Å². The molecule has 0 bridgehead atoms. The van der Waals surface area contributed by atoms with Crippen LogP contribution >= 0.6 is 22.7 Å². The third-order valence-electron chi connectivity index (χ3n) is 4.77. The second-order valence-corrected chi connectivity index (χ2v) is 9.45. The zero-order chi connectivity index (χ0) is 21.4. The van der Waals surface area contributed by atoms with Gasteiger partial charge in [0.05, 0.1) is 21.9 Å². The molecule has 1 aliphatic rings. The lowest BCUT2D eigenvalue weighted by Crippen LogP contribution is -2.39. The summed E-state index contributed by atoms with van der Waals surface area (Å²) < 4.78 is 7.70. The minimum absolute atomic E-state index is 0.153. The number of benzene rings is 1. The van der Waals surface area contributed by atoms with Gasteiger partial charge in [-0.25, -0.2) is 9.79 Å². The van der Waals surface area contributed by atoms with Crippen molar-refractivity contribution in [3.8, 4) is 0 Å². The molecule has 0 saturated carbocycles. The highest BCUT2D eigenvalue weighted by Crippen LogP contribution is 2.33. The van der Waals surface area contributed by atoms with Crippen LogP contribution in [0.3, 0.4) is 0 Å². The van der Waals surface area contributed by atoms with Crippen molar-refractivity contribution in [2.45, 2.75) is 39.8 Å². The first-order chi connectivity index (χ1) is 14.3. The second-order valence-electron chi connectivity index (χ2n) is 7.46. The van der Waals surface area contributed by atoms with Crippen molar-refractivity contribution in [1.82, 2.24) is 4.57 Å². The monoisotopic (exact) mass is 438 g/mol. The number of carbonyl (C=O) groups excluding carboxylic acids is 1. The van der Waals surface area contributed by atoms with E-state index < -0.39 is 12.0 Å². The summed E-state index contributed by atoms with van der Waals surface area (Å²) in [7, 11) is 0. The maximum absolute atomic E-state index is 13.4. The third kappa shape index (κ3) is 3.82. The van der Waals surface area contributed by atoms with Crippen LogP contribution in [0.5, 0.6) is 0 Å². The van der Waals surface area contributed by atoms with E-state index in [1.807, 2.05) is 68.6 Å². The highest BCUT2D eigenvalue weighted by Gasteiger charge is 2.34. The number of aromatic nitrogens is 1. The molecule has 0 fully saturated rings. The van der Waals surface area contributed by atoms with Crippen LogP contribution in [0.25, 0.3) is 6.08 Å². The Morgan fingerprint density at radius 3 is 2.57 bits per heavy atom. The average molecular weight is 439 g/mol. The Kier molecular flexibility index (Phi) is 5.58. The number of thiazole rings is 1. The average Bonchev–Trinajstić information content (AvgIpc) is 3.31. The molecule has 2 aromatic heterocycles. The molecule has 0 spiro atoms. The first-order valence-electron chi connectivity index (χ1n) is 9.68. The number of allylic oxidation sites excluding steroid dienone is 1. The molecule has 0 saturated heterocycles. The molecule has 4 rings (SSSR count). The van der Waals surface area contributed by atoms with Gasteiger partial charge in [-0.1, -0.05) is 47.2 Å². The molecule has 3 heterocycles. The molecule has 0 N–H and O–H groups in total. The SMILES string of the molecule is CC1=C(C(=O)OC(C)C)C(c2cccs2)n2c(sc(=Cc3ccc(C)cc3)c2=O)=N1. The topological polar surface area (TPSA) is 60.7 Å². The Balaban J connectivity index is 1.91. The molecular weight excluding hydrogens is 416 g/mol. The minimum atomic E-state index is -0.535. The summed E-state index contributed by atoms with van der Waals surface area (Å²) >= 11 is 2.85. The van der Waals surface area contributed by atoms with Gasteiger partial charge in [-0.05, 0) is 50.8 Å². The van der Waals surface area contributed by atoms with Gasteiger partial charge in [-0.15, -0.1) is 11.3 Å². The second kappa shape index (κ2) is 8.16. The van der Waals surface area contributed by atoms with Crippen molar-refractivity contribution in [2.24, 2.45) is 4.99 Å². The number of hydrogen-bond donors (Lipinski definition) is 0. The molecule has 0 aliphatic carbocycles. The van der Waals surface area contributed by atoms with Gasteiger partial charge in [-0.3, -0.25) is 9.36 Å². The number of thiophene rings is 1. The molecule has 1 unspecified atom stereocenters. The Labute approximate surface area is 182 Å². The minimum Gasteiger partial charge on any atom is -0.459 e. The molecule has 1 atom stereocenters. The van der Waals surface area contributed by atoms with Crippen LogP contribution in [-0.2, 0) is 9.53 Å². The van der Waals surface area contributed by atoms with Crippen LogP contribution < -0.4 is 14.9 Å². The number of hydrogen-bond acceptors (Lipinski definition) is 6. The molecule has 30 heavy (non-hydrogen) atoms. The van der Waals surface area contributed by atoms with Crippen molar-refractivity contribution in [2.75, 3.05) is 0 Å². The van der Waals surface area contributed by atoms with Gasteiger partial charge < -0.3 is 4.74 Å². The van der Waals surface area contributed by atoms with Gasteiger partial charge >= 0.3 is 5.97 Å². The molecule has 3 aromatic rings. The summed E-state index contributed by atoms with van der Waals surface area (Å²) in [6.45, 7) is 7.45. The number of rotatable bonds is 4. The summed E-state index contributed by atoms with van der Waals surface area (Å²) in [5, 5.41) is 1.94. The predicted octanol–water partition coefficient (Wildman–Crippen LogP) is 3.56. The van der Waals surface area contributed by atoms with E-state index in [0.29, 0.717) is 20.6 Å². The third-order valence-corrected chi connectivity index (χ3v) is 6.68. The molecule has 1 aliphatic heterocycles. The smallest absolute Gasteiger partial charge is 0.338 e. The predicted molar refractivity (Wildman–Crippen MR) is 120 cm³/mol. The molecule has 0 amide bonds. The van der Waals surface area contributed by atoms with E-state index in [1.54, 1.807) is 11.5 Å². The van der Waals surface area contributed by atoms with Gasteiger partial charge in [0, 0.05) is 4.88 Å². The van der Waals surface area contributed by atoms with Crippen molar-refractivity contribution in [3.05, 3.63) is 88.7 Å². The van der Waals surface area contributed by atoms with E-state index in [2.05, 4.69) is 4.99 Å². The Hall–Kier alpha value is -2.77. The number of esters is 1. The van der Waals surface area contributed by atoms with Crippen LogP contribution in [0.4, 0.5) is 0 Å². The fourth-order valence-electron chi connectivity index (χ4n) is 3.39. The summed E-state index contributed by atoms with van der Waals surface area (Å²) in [6, 6.07) is 11.3. The summed E-state index contributed by atoms with van der Waals surface area (Å²) in [5.74, 6) is -0.433. The fraction of sp³-hybridized carbons (Fsp3) is 0.261. The molecular formula is C23H22N2O3S2. The standard InChI is InChI=1S/C23H22N2O3S2/c1-13(2)28-22(27)19-15(4)24-23-25(20(19)17-6-5-11-29-17)21(26)18(30-23)12-16-9-7-14(3)8-10-16/h5-13,20H,1-4H3. The van der Waals surface area contributed by atoms with Crippen molar-refractivity contribution >= 4 is 34.7 Å². The maximum Gasteiger partial charge on any atom is 0.338 e. The van der Waals surface area contributed by atoms with Crippen LogP contribution in [0.2, 0.25) is 0 Å². The lowest BCUT2D eigenvalue weighted by atomic mass is 10.0. The lowest BCUT2D eigenvalue weighted by Gasteiger charge is -2.24. The van der Waals surface area contributed by atoms with Gasteiger partial charge in [0.2, 0.25) is 0 Å². The van der Waals surface area contributed by atoms with Gasteiger partial charge in [-0.2, -0.15) is 0 Å². The van der Waals surface area contributed by atoms with Crippen LogP contribution in [0, 0.1) is 6.92 Å². The highest BCUT2D eigenvalue weighted by atomic mass is 32.1. The van der Waals surface area contributed by atoms with Crippen molar-refractivity contribution in [3.63, 3.8) is 0 Å². The largest absolute Gasteiger partial charge is 0.459 e. The van der Waals surface area contributed by atoms with E-state index in [4.69, 9.17) is 4.74 Å². The normalized spacial score (nSPS) is 16.6. The van der Waals surface area contributed by atoms with Crippen LogP contribution in [-0.4, -0.2) is 16.6 Å². The quantitative estimate of drug-likeness (QED) is 0.585. The van der Waals surface area contributed by atoms with Crippen molar-refractivity contribution in [1.29, 1.82) is 0 Å². The zero-order valence-electron chi connectivity index (χ0n) is 17.2. The van der Waals surface area contributed by atoms with E-state index in [0.717, 1.165) is 16.0 Å². The number of fused-ring (bicyclic) bond motifs is 1. The first-order valence-corrected chi connectivity index (χ1v) is 11.4. The summed E-state index contributed by atoms with van der Waals surface area (Å²) in [5.41, 5.74) is 2.96. The van der Waals surface area contributed by atoms with Crippen LogP contribution in [0.1, 0.15) is 42.8 Å². The summed E-state index contributed by atoms with van der Waals surface area (Å²) in [4.78, 5) is 32.4. The number of aryl methyl sites for hydroxylation is 1.